The average Bonchev–Trinajstić information content (AvgIpc) is 2.57. The summed E-state index contributed by atoms with van der Waals surface area (Å²) in [6, 6.07) is 9.20. The Balaban J connectivity index is 2.07. The number of phenols is 1. The summed E-state index contributed by atoms with van der Waals surface area (Å²) in [5, 5.41) is 11.8. The first-order valence-corrected chi connectivity index (χ1v) is 8.54. The second kappa shape index (κ2) is 6.76. The number of aryl methyl sites for hydroxylation is 2. The Labute approximate surface area is 158 Å². The molecule has 6 nitrogen and oxygen atoms in total. The molecule has 0 unspecified atom stereocenters. The summed E-state index contributed by atoms with van der Waals surface area (Å²) in [6.45, 7) is 3.64. The minimum Gasteiger partial charge on any atom is -0.507 e. The van der Waals surface area contributed by atoms with Gasteiger partial charge in [-0.25, -0.2) is 9.69 Å². The van der Waals surface area contributed by atoms with Gasteiger partial charge < -0.3 is 5.11 Å². The Hall–Kier alpha value is -2.93. The fourth-order valence-corrected chi connectivity index (χ4v) is 3.01. The van der Waals surface area contributed by atoms with Crippen LogP contribution >= 0.6 is 15.9 Å². The number of anilines is 1. The van der Waals surface area contributed by atoms with Gasteiger partial charge in [0.1, 0.15) is 11.3 Å². The van der Waals surface area contributed by atoms with E-state index in [9.17, 15) is 19.5 Å². The molecule has 3 rings (SSSR count). The number of nitrogens with zero attached hydrogens (tertiary/aromatic N) is 1. The first kappa shape index (κ1) is 17.9. The number of carbonyl (C=O) groups is 3. The number of phenolic OH excluding ortho intramolecular Hbond substituents is 1. The van der Waals surface area contributed by atoms with E-state index < -0.39 is 17.8 Å². The molecule has 1 saturated heterocycles. The van der Waals surface area contributed by atoms with Crippen LogP contribution in [0.4, 0.5) is 10.5 Å². The van der Waals surface area contributed by atoms with E-state index in [0.29, 0.717) is 15.7 Å². The molecule has 0 radical (unpaired) electrons. The van der Waals surface area contributed by atoms with E-state index in [2.05, 4.69) is 21.2 Å². The van der Waals surface area contributed by atoms with Crippen molar-refractivity contribution in [3.63, 3.8) is 0 Å². The van der Waals surface area contributed by atoms with E-state index in [4.69, 9.17) is 0 Å². The van der Waals surface area contributed by atoms with Crippen molar-refractivity contribution in [2.75, 3.05) is 4.90 Å². The molecule has 132 valence electrons. The number of benzene rings is 2. The van der Waals surface area contributed by atoms with E-state index in [1.165, 1.54) is 12.1 Å². The zero-order valence-corrected chi connectivity index (χ0v) is 15.6. The van der Waals surface area contributed by atoms with E-state index >= 15 is 0 Å². The number of barbiturate groups is 1. The number of aromatic hydroxyl groups is 1. The lowest BCUT2D eigenvalue weighted by Crippen LogP contribution is -2.54. The molecule has 7 heteroatoms. The molecule has 26 heavy (non-hydrogen) atoms. The van der Waals surface area contributed by atoms with Crippen LogP contribution in [0.5, 0.6) is 5.75 Å². The van der Waals surface area contributed by atoms with Gasteiger partial charge in [0.15, 0.2) is 0 Å². The summed E-state index contributed by atoms with van der Waals surface area (Å²) in [4.78, 5) is 38.3. The molecule has 0 saturated carbocycles. The second-order valence-electron chi connectivity index (χ2n) is 5.96. The first-order valence-electron chi connectivity index (χ1n) is 7.75. The number of hydrogen-bond donors (Lipinski definition) is 2. The molecule has 0 bridgehead atoms. The Morgan fingerprint density at radius 2 is 1.81 bits per heavy atom. The molecule has 1 fully saturated rings. The maximum atomic E-state index is 12.9. The zero-order valence-electron chi connectivity index (χ0n) is 14.0. The van der Waals surface area contributed by atoms with Gasteiger partial charge in [0, 0.05) is 0 Å². The number of urea groups is 1. The van der Waals surface area contributed by atoms with Gasteiger partial charge in [-0.1, -0.05) is 18.2 Å². The molecule has 0 aromatic heterocycles. The van der Waals surface area contributed by atoms with Crippen molar-refractivity contribution in [3.8, 4) is 5.75 Å². The molecule has 1 aliphatic rings. The van der Waals surface area contributed by atoms with Crippen LogP contribution in [0.2, 0.25) is 0 Å². The number of hydrogen-bond acceptors (Lipinski definition) is 4. The van der Waals surface area contributed by atoms with Crippen LogP contribution in [0, 0.1) is 13.8 Å². The fourth-order valence-electron chi connectivity index (χ4n) is 2.62. The van der Waals surface area contributed by atoms with Crippen LogP contribution < -0.4 is 10.2 Å². The number of rotatable bonds is 2. The van der Waals surface area contributed by atoms with Crippen molar-refractivity contribution >= 4 is 45.5 Å². The molecular weight excluding hydrogens is 400 g/mol. The maximum Gasteiger partial charge on any atom is 0.335 e. The highest BCUT2D eigenvalue weighted by Crippen LogP contribution is 2.28. The number of nitrogens with one attached hydrogen (secondary N) is 1. The molecule has 0 spiro atoms. The molecule has 1 heterocycles. The van der Waals surface area contributed by atoms with E-state index in [1.54, 1.807) is 25.1 Å². The lowest BCUT2D eigenvalue weighted by molar-refractivity contribution is -0.122. The highest BCUT2D eigenvalue weighted by molar-refractivity contribution is 9.10. The van der Waals surface area contributed by atoms with Gasteiger partial charge in [-0.05, 0) is 70.7 Å². The first-order chi connectivity index (χ1) is 12.3. The second-order valence-corrected chi connectivity index (χ2v) is 6.81. The predicted molar refractivity (Wildman–Crippen MR) is 101 cm³/mol. The summed E-state index contributed by atoms with van der Waals surface area (Å²) in [5.74, 6) is -1.42. The van der Waals surface area contributed by atoms with E-state index in [1.807, 2.05) is 19.1 Å². The molecule has 2 aromatic carbocycles. The van der Waals surface area contributed by atoms with Crippen molar-refractivity contribution in [1.82, 2.24) is 5.32 Å². The normalized spacial score (nSPS) is 16.2. The topological polar surface area (TPSA) is 86.7 Å². The monoisotopic (exact) mass is 414 g/mol. The molecule has 0 atom stereocenters. The van der Waals surface area contributed by atoms with Crippen LogP contribution in [0.3, 0.4) is 0 Å². The third kappa shape index (κ3) is 3.25. The van der Waals surface area contributed by atoms with Crippen molar-refractivity contribution in [2.45, 2.75) is 13.8 Å². The van der Waals surface area contributed by atoms with Gasteiger partial charge >= 0.3 is 6.03 Å². The third-order valence-corrected chi connectivity index (χ3v) is 4.63. The molecule has 1 aliphatic heterocycles. The summed E-state index contributed by atoms with van der Waals surface area (Å²) in [6.07, 6.45) is 1.38. The largest absolute Gasteiger partial charge is 0.507 e. The van der Waals surface area contributed by atoms with Gasteiger partial charge in [-0.15, -0.1) is 0 Å². The standard InChI is InChI=1S/C19H15BrN2O4/c1-10-3-4-11(2)15(7-10)22-18(25)13(17(24)21-19(22)26)8-12-5-6-16(23)14(20)9-12/h3-9,23H,1-2H3,(H,21,24,26)/b13-8-. The Morgan fingerprint density at radius 1 is 1.08 bits per heavy atom. The van der Waals surface area contributed by atoms with Gasteiger partial charge in [-0.2, -0.15) is 0 Å². The quantitative estimate of drug-likeness (QED) is 0.581. The highest BCUT2D eigenvalue weighted by Gasteiger charge is 2.37. The molecule has 2 N–H and O–H groups in total. The van der Waals surface area contributed by atoms with Crippen LogP contribution in [-0.2, 0) is 9.59 Å². The Morgan fingerprint density at radius 3 is 2.50 bits per heavy atom. The summed E-state index contributed by atoms with van der Waals surface area (Å²) in [7, 11) is 0. The lowest BCUT2D eigenvalue weighted by atomic mass is 10.0. The number of amides is 4. The van der Waals surface area contributed by atoms with Crippen LogP contribution in [0.25, 0.3) is 6.08 Å². The number of imide groups is 2. The van der Waals surface area contributed by atoms with E-state index in [-0.39, 0.29) is 11.3 Å². The minimum atomic E-state index is -0.780. The Kier molecular flexibility index (Phi) is 4.65. The summed E-state index contributed by atoms with van der Waals surface area (Å²) in [5.41, 5.74) is 2.42. The highest BCUT2D eigenvalue weighted by atomic mass is 79.9. The average molecular weight is 415 g/mol. The molecule has 0 aliphatic carbocycles. The number of halogens is 1. The van der Waals surface area contributed by atoms with Crippen molar-refractivity contribution in [2.24, 2.45) is 0 Å². The van der Waals surface area contributed by atoms with E-state index in [0.717, 1.165) is 16.0 Å². The smallest absolute Gasteiger partial charge is 0.335 e. The zero-order chi connectivity index (χ0) is 19.0. The van der Waals surface area contributed by atoms with Crippen molar-refractivity contribution in [1.29, 1.82) is 0 Å². The molecule has 4 amide bonds. The van der Waals surface area contributed by atoms with Gasteiger partial charge in [0.25, 0.3) is 11.8 Å². The predicted octanol–water partition coefficient (Wildman–Crippen LogP) is 3.44. The van der Waals surface area contributed by atoms with Crippen molar-refractivity contribution < 1.29 is 19.5 Å². The fraction of sp³-hybridized carbons (Fsp3) is 0.105. The maximum absolute atomic E-state index is 12.9. The van der Waals surface area contributed by atoms with Crippen LogP contribution in [0.15, 0.2) is 46.4 Å². The third-order valence-electron chi connectivity index (χ3n) is 3.99. The Bertz CT molecular complexity index is 981. The van der Waals surface area contributed by atoms with Gasteiger partial charge in [-0.3, -0.25) is 14.9 Å². The van der Waals surface area contributed by atoms with Gasteiger partial charge in [0.05, 0.1) is 10.2 Å². The van der Waals surface area contributed by atoms with Crippen molar-refractivity contribution in [3.05, 3.63) is 63.1 Å². The SMILES string of the molecule is Cc1ccc(C)c(N2C(=O)NC(=O)/C(=C/c3ccc(O)c(Br)c3)C2=O)c1. The molecule has 2 aromatic rings. The van der Waals surface area contributed by atoms with Crippen LogP contribution in [0.1, 0.15) is 16.7 Å². The summed E-state index contributed by atoms with van der Waals surface area (Å²) < 4.78 is 0.429. The summed E-state index contributed by atoms with van der Waals surface area (Å²) >= 11 is 3.19. The van der Waals surface area contributed by atoms with Gasteiger partial charge in [0.2, 0.25) is 0 Å². The lowest BCUT2D eigenvalue weighted by Gasteiger charge is -2.27. The number of carbonyl (C=O) groups excluding carboxylic acids is 3. The minimum absolute atomic E-state index is 0.0405. The molecular formula is C19H15BrN2O4. The van der Waals surface area contributed by atoms with Crippen LogP contribution in [-0.4, -0.2) is 23.0 Å².